The highest BCUT2D eigenvalue weighted by atomic mass is 15.0. The summed E-state index contributed by atoms with van der Waals surface area (Å²) in [6.07, 6.45) is 1.87. The Labute approximate surface area is 337 Å². The van der Waals surface area contributed by atoms with Gasteiger partial charge in [0.1, 0.15) is 0 Å². The van der Waals surface area contributed by atoms with E-state index in [-0.39, 0.29) is 0 Å². The molecule has 0 bridgehead atoms. The van der Waals surface area contributed by atoms with Crippen LogP contribution in [0.25, 0.3) is 110 Å². The third kappa shape index (κ3) is 5.94. The molecule has 0 spiro atoms. The Hall–Kier alpha value is -7.56. The Kier molecular flexibility index (Phi) is 8.92. The van der Waals surface area contributed by atoms with Crippen molar-refractivity contribution in [3.05, 3.63) is 194 Å². The zero-order valence-electron chi connectivity index (χ0n) is 32.3. The zero-order valence-corrected chi connectivity index (χ0v) is 32.3. The highest BCUT2D eigenvalue weighted by Gasteiger charge is 2.22. The summed E-state index contributed by atoms with van der Waals surface area (Å²) in [6, 6.07) is 66.1. The van der Waals surface area contributed by atoms with E-state index in [0.717, 1.165) is 71.4 Å². The molecule has 58 heavy (non-hydrogen) atoms. The molecule has 0 amide bonds. The maximum absolute atomic E-state index is 5.48. The van der Waals surface area contributed by atoms with Crippen LogP contribution in [-0.4, -0.2) is 19.9 Å². The predicted molar refractivity (Wildman–Crippen MR) is 244 cm³/mol. The minimum atomic E-state index is 0.622. The SMILES string of the molecule is CC.c1ccc(-c2ccc3c(-c4nc(-c5ccccc5)nc(-c5cc6c7ccccc7ccc6c6ccccc56)n4)c4ccccc4c(-c4ccccn4)c3c2)cc1. The number of rotatable bonds is 5. The van der Waals surface area contributed by atoms with E-state index in [9.17, 15) is 0 Å². The molecule has 0 aliphatic heterocycles. The van der Waals surface area contributed by atoms with Crippen molar-refractivity contribution in [3.63, 3.8) is 0 Å². The van der Waals surface area contributed by atoms with Crippen LogP contribution in [-0.2, 0) is 0 Å². The smallest absolute Gasteiger partial charge is 0.165 e. The van der Waals surface area contributed by atoms with E-state index in [4.69, 9.17) is 19.9 Å². The highest BCUT2D eigenvalue weighted by molar-refractivity contribution is 6.22. The number of aromatic nitrogens is 4. The normalized spacial score (nSPS) is 11.3. The van der Waals surface area contributed by atoms with Crippen molar-refractivity contribution in [1.29, 1.82) is 0 Å². The van der Waals surface area contributed by atoms with Gasteiger partial charge in [0.05, 0.1) is 5.69 Å². The average Bonchev–Trinajstić information content (AvgIpc) is 3.31. The Morgan fingerprint density at radius 3 is 1.60 bits per heavy atom. The van der Waals surface area contributed by atoms with Crippen LogP contribution in [0.1, 0.15) is 13.8 Å². The van der Waals surface area contributed by atoms with Gasteiger partial charge in [-0.2, -0.15) is 0 Å². The fraction of sp³-hybridized carbons (Fsp3) is 0.0370. The lowest BCUT2D eigenvalue weighted by Gasteiger charge is -2.18. The van der Waals surface area contributed by atoms with Crippen LogP contribution in [0.2, 0.25) is 0 Å². The molecule has 2 heterocycles. The number of hydrogen-bond donors (Lipinski definition) is 0. The first-order valence-electron chi connectivity index (χ1n) is 19.9. The molecule has 0 radical (unpaired) electrons. The fourth-order valence-electron chi connectivity index (χ4n) is 8.39. The minimum Gasteiger partial charge on any atom is -0.256 e. The van der Waals surface area contributed by atoms with E-state index in [0.29, 0.717) is 17.5 Å². The van der Waals surface area contributed by atoms with Crippen molar-refractivity contribution >= 4 is 53.9 Å². The van der Waals surface area contributed by atoms with Gasteiger partial charge in [-0.3, -0.25) is 4.98 Å². The van der Waals surface area contributed by atoms with Gasteiger partial charge in [0.2, 0.25) is 0 Å². The standard InChI is InChI=1S/C52H32N4.C2H6/c1-3-15-33(16-4-1)36-27-29-43-45(31-36)48(47-25-13-14-30-53-47)41-23-11-12-24-42(41)49(43)52-55-50(35-18-5-2-6-19-35)54-51(56-52)46-32-44-37-20-8-7-17-34(37)26-28-40(44)38-21-9-10-22-39(38)46;1-2/h1-32H;1-2H3. The average molecular weight is 743 g/mol. The quantitative estimate of drug-likeness (QED) is 0.130. The van der Waals surface area contributed by atoms with Crippen LogP contribution in [0.5, 0.6) is 0 Å². The van der Waals surface area contributed by atoms with Crippen molar-refractivity contribution in [1.82, 2.24) is 19.9 Å². The first kappa shape index (κ1) is 34.9. The molecule has 4 heteroatoms. The summed E-state index contributed by atoms with van der Waals surface area (Å²) in [5.41, 5.74) is 7.15. The molecule has 0 unspecified atom stereocenters. The van der Waals surface area contributed by atoms with Crippen molar-refractivity contribution < 1.29 is 0 Å². The second-order valence-corrected chi connectivity index (χ2v) is 14.2. The number of fused-ring (bicyclic) bond motifs is 7. The number of pyridine rings is 1. The van der Waals surface area contributed by atoms with Crippen molar-refractivity contribution in [2.24, 2.45) is 0 Å². The van der Waals surface area contributed by atoms with Gasteiger partial charge in [0.15, 0.2) is 17.5 Å². The fourth-order valence-corrected chi connectivity index (χ4v) is 8.39. The van der Waals surface area contributed by atoms with Crippen LogP contribution >= 0.6 is 0 Å². The van der Waals surface area contributed by atoms with E-state index >= 15 is 0 Å². The second kappa shape index (κ2) is 14.8. The van der Waals surface area contributed by atoms with Gasteiger partial charge in [0, 0.05) is 28.5 Å². The molecule has 9 aromatic carbocycles. The Balaban J connectivity index is 0.00000201. The largest absolute Gasteiger partial charge is 0.256 e. The molecule has 274 valence electrons. The van der Waals surface area contributed by atoms with E-state index in [1.54, 1.807) is 0 Å². The maximum Gasteiger partial charge on any atom is 0.165 e. The Bertz CT molecular complexity index is 3290. The van der Waals surface area contributed by atoms with Gasteiger partial charge in [0.25, 0.3) is 0 Å². The van der Waals surface area contributed by atoms with Gasteiger partial charge in [-0.25, -0.2) is 15.0 Å². The first-order chi connectivity index (χ1) is 28.8. The third-order valence-electron chi connectivity index (χ3n) is 11.0. The lowest BCUT2D eigenvalue weighted by atomic mass is 9.88. The van der Waals surface area contributed by atoms with E-state index in [1.807, 2.05) is 44.3 Å². The summed E-state index contributed by atoms with van der Waals surface area (Å²) in [5, 5.41) is 11.3. The van der Waals surface area contributed by atoms with Gasteiger partial charge in [-0.05, 0) is 89.3 Å². The van der Waals surface area contributed by atoms with Crippen LogP contribution in [0.15, 0.2) is 194 Å². The predicted octanol–water partition coefficient (Wildman–Crippen LogP) is 14.4. The third-order valence-corrected chi connectivity index (χ3v) is 11.0. The van der Waals surface area contributed by atoms with Crippen LogP contribution in [0.4, 0.5) is 0 Å². The molecular formula is C54H38N4. The molecular weight excluding hydrogens is 705 g/mol. The Morgan fingerprint density at radius 2 is 0.862 bits per heavy atom. The molecule has 11 aromatic rings. The van der Waals surface area contributed by atoms with Crippen molar-refractivity contribution in [2.75, 3.05) is 0 Å². The number of benzene rings is 9. The van der Waals surface area contributed by atoms with Crippen molar-refractivity contribution in [2.45, 2.75) is 13.8 Å². The molecule has 2 aromatic heterocycles. The summed E-state index contributed by atoms with van der Waals surface area (Å²) >= 11 is 0. The molecule has 0 aliphatic rings. The molecule has 0 atom stereocenters. The number of nitrogens with zero attached hydrogens (tertiary/aromatic N) is 4. The van der Waals surface area contributed by atoms with E-state index < -0.39 is 0 Å². The maximum atomic E-state index is 5.48. The van der Waals surface area contributed by atoms with Gasteiger partial charge in [-0.1, -0.05) is 178 Å². The van der Waals surface area contributed by atoms with Crippen molar-refractivity contribution in [3.8, 4) is 56.5 Å². The topological polar surface area (TPSA) is 51.6 Å². The summed E-state index contributed by atoms with van der Waals surface area (Å²) in [6.45, 7) is 4.00. The molecule has 0 saturated heterocycles. The molecule has 0 aliphatic carbocycles. The zero-order chi connectivity index (χ0) is 39.0. The molecule has 0 N–H and O–H groups in total. The van der Waals surface area contributed by atoms with E-state index in [2.05, 4.69) is 164 Å². The summed E-state index contributed by atoms with van der Waals surface area (Å²) in [5.74, 6) is 1.88. The molecule has 4 nitrogen and oxygen atoms in total. The van der Waals surface area contributed by atoms with E-state index in [1.165, 1.54) is 21.5 Å². The minimum absolute atomic E-state index is 0.622. The van der Waals surface area contributed by atoms with Gasteiger partial charge in [-0.15, -0.1) is 0 Å². The Morgan fingerprint density at radius 1 is 0.310 bits per heavy atom. The van der Waals surface area contributed by atoms with Crippen LogP contribution in [0, 0.1) is 0 Å². The monoisotopic (exact) mass is 742 g/mol. The lowest BCUT2D eigenvalue weighted by molar-refractivity contribution is 1.08. The number of hydrogen-bond acceptors (Lipinski definition) is 4. The molecule has 11 rings (SSSR count). The molecule has 0 fully saturated rings. The van der Waals surface area contributed by atoms with Gasteiger partial charge < -0.3 is 0 Å². The second-order valence-electron chi connectivity index (χ2n) is 14.2. The van der Waals surface area contributed by atoms with Crippen LogP contribution < -0.4 is 0 Å². The molecule has 0 saturated carbocycles. The summed E-state index contributed by atoms with van der Waals surface area (Å²) in [4.78, 5) is 21.0. The first-order valence-corrected chi connectivity index (χ1v) is 19.9. The highest BCUT2D eigenvalue weighted by Crippen LogP contribution is 2.45. The summed E-state index contributed by atoms with van der Waals surface area (Å²) < 4.78 is 0. The van der Waals surface area contributed by atoms with Crippen LogP contribution in [0.3, 0.4) is 0 Å². The summed E-state index contributed by atoms with van der Waals surface area (Å²) in [7, 11) is 0. The lowest BCUT2D eigenvalue weighted by Crippen LogP contribution is -2.02. The van der Waals surface area contributed by atoms with Gasteiger partial charge >= 0.3 is 0 Å².